The third-order valence-electron chi connectivity index (χ3n) is 6.28. The minimum absolute atomic E-state index is 0.105. The fraction of sp³-hybridized carbons (Fsp3) is 0.320. The first-order chi connectivity index (χ1) is 16.0. The monoisotopic (exact) mass is 498 g/mol. The summed E-state index contributed by atoms with van der Waals surface area (Å²) in [6.07, 6.45) is 1.28. The number of aromatic nitrogens is 1. The maximum atomic E-state index is 13.4. The van der Waals surface area contributed by atoms with Crippen LogP contribution >= 0.6 is 34.7 Å². The summed E-state index contributed by atoms with van der Waals surface area (Å²) in [6.45, 7) is 2.84. The fourth-order valence-electron chi connectivity index (χ4n) is 4.15. The molecule has 5 rings (SSSR count). The first-order valence-electron chi connectivity index (χ1n) is 10.9. The Kier molecular flexibility index (Phi) is 6.20. The number of thioether (sulfide) groups is 1. The molecule has 4 unspecified atom stereocenters. The number of carbonyl (C=O) groups excluding carboxylic acids is 2. The molecule has 1 amide bonds. The summed E-state index contributed by atoms with van der Waals surface area (Å²) in [6, 6.07) is 14.7. The first-order valence-corrected chi connectivity index (χ1v) is 13.1. The number of ketones is 1. The minimum Gasteiger partial charge on any atom is -0.477 e. The van der Waals surface area contributed by atoms with E-state index in [1.54, 1.807) is 6.07 Å². The van der Waals surface area contributed by atoms with Gasteiger partial charge in [-0.2, -0.15) is 11.3 Å². The van der Waals surface area contributed by atoms with Gasteiger partial charge in [-0.3, -0.25) is 9.59 Å². The number of nitrogens with one attached hydrogen (secondary N) is 1. The van der Waals surface area contributed by atoms with Gasteiger partial charge in [-0.25, -0.2) is 4.98 Å². The van der Waals surface area contributed by atoms with Crippen LogP contribution in [-0.2, 0) is 15.1 Å². The van der Waals surface area contributed by atoms with Crippen molar-refractivity contribution in [1.29, 1.82) is 0 Å². The lowest BCUT2D eigenvalue weighted by Gasteiger charge is -2.39. The Morgan fingerprint density at radius 1 is 1.21 bits per heavy atom. The molecule has 1 saturated heterocycles. The molecular formula is C25H23ClN2O3S2. The SMILES string of the molecule is CC1CC1COc1cccc(C2(c3ccsc3)CC(=O)C(Sc3ccccc3Cl)C(=O)N2)n1. The standard InChI is InChI=1S/C25H23ClN2O3S2/c1-15-11-16(15)13-31-22-8-4-7-21(27-22)25(17-9-10-32-14-17)12-19(29)23(24(30)28-25)33-20-6-3-2-5-18(20)26/h2-10,14-16,23H,11-13H2,1H3,(H,28,30). The van der Waals surface area contributed by atoms with Crippen molar-refractivity contribution in [2.24, 2.45) is 11.8 Å². The highest BCUT2D eigenvalue weighted by Gasteiger charge is 2.48. The van der Waals surface area contributed by atoms with Crippen LogP contribution in [0.15, 0.2) is 64.2 Å². The lowest BCUT2D eigenvalue weighted by Crippen LogP contribution is -2.58. The summed E-state index contributed by atoms with van der Waals surface area (Å²) in [4.78, 5) is 32.1. The van der Waals surface area contributed by atoms with Crippen LogP contribution in [0.25, 0.3) is 0 Å². The number of halogens is 1. The number of carbonyl (C=O) groups is 2. The molecule has 33 heavy (non-hydrogen) atoms. The van der Waals surface area contributed by atoms with Gasteiger partial charge in [0.05, 0.1) is 17.3 Å². The van der Waals surface area contributed by atoms with Gasteiger partial charge in [0.25, 0.3) is 0 Å². The Hall–Kier alpha value is -2.35. The van der Waals surface area contributed by atoms with Crippen molar-refractivity contribution in [3.8, 4) is 5.88 Å². The van der Waals surface area contributed by atoms with Crippen LogP contribution in [0.5, 0.6) is 5.88 Å². The number of thiophene rings is 1. The predicted molar refractivity (Wildman–Crippen MR) is 131 cm³/mol. The third kappa shape index (κ3) is 4.54. The Bertz CT molecular complexity index is 1170. The van der Waals surface area contributed by atoms with Crippen LogP contribution in [0.3, 0.4) is 0 Å². The van der Waals surface area contributed by atoms with Crippen LogP contribution in [0.1, 0.15) is 31.0 Å². The minimum atomic E-state index is -1.03. The molecule has 1 N–H and O–H groups in total. The summed E-state index contributed by atoms with van der Waals surface area (Å²) in [7, 11) is 0. The zero-order chi connectivity index (χ0) is 23.0. The number of pyridine rings is 1. The number of piperidine rings is 1. The van der Waals surface area contributed by atoms with E-state index >= 15 is 0 Å². The van der Waals surface area contributed by atoms with Gasteiger partial charge in [-0.1, -0.05) is 36.7 Å². The van der Waals surface area contributed by atoms with Crippen molar-refractivity contribution < 1.29 is 14.3 Å². The Morgan fingerprint density at radius 3 is 2.73 bits per heavy atom. The Labute approximate surface area is 205 Å². The van der Waals surface area contributed by atoms with E-state index in [2.05, 4.69) is 12.2 Å². The quantitative estimate of drug-likeness (QED) is 0.446. The highest BCUT2D eigenvalue weighted by molar-refractivity contribution is 8.01. The molecule has 4 atom stereocenters. The lowest BCUT2D eigenvalue weighted by atomic mass is 9.79. The molecule has 2 fully saturated rings. The fourth-order valence-corrected chi connectivity index (χ4v) is 6.12. The Balaban J connectivity index is 1.44. The van der Waals surface area contributed by atoms with Gasteiger partial charge >= 0.3 is 0 Å². The number of hydrogen-bond acceptors (Lipinski definition) is 6. The van der Waals surface area contributed by atoms with E-state index in [-0.39, 0.29) is 18.1 Å². The van der Waals surface area contributed by atoms with E-state index < -0.39 is 10.8 Å². The number of benzene rings is 1. The molecule has 1 aliphatic carbocycles. The normalized spacial score (nSPS) is 26.7. The maximum Gasteiger partial charge on any atom is 0.242 e. The molecular weight excluding hydrogens is 476 g/mol. The maximum absolute atomic E-state index is 13.4. The highest BCUT2D eigenvalue weighted by atomic mass is 35.5. The predicted octanol–water partition coefficient (Wildman–Crippen LogP) is 5.32. The van der Waals surface area contributed by atoms with Gasteiger partial charge < -0.3 is 10.1 Å². The summed E-state index contributed by atoms with van der Waals surface area (Å²) in [5, 5.41) is 6.69. The van der Waals surface area contributed by atoms with Crippen molar-refractivity contribution in [2.75, 3.05) is 6.61 Å². The summed E-state index contributed by atoms with van der Waals surface area (Å²) in [5.74, 6) is 1.26. The molecule has 2 aliphatic rings. The van der Waals surface area contributed by atoms with Crippen LogP contribution in [-0.4, -0.2) is 28.5 Å². The Morgan fingerprint density at radius 2 is 2.03 bits per heavy atom. The van der Waals surface area contributed by atoms with E-state index in [1.807, 2.05) is 53.2 Å². The number of rotatable bonds is 7. The number of amides is 1. The number of nitrogens with zero attached hydrogens (tertiary/aromatic N) is 1. The van der Waals surface area contributed by atoms with Crippen LogP contribution in [0.2, 0.25) is 5.02 Å². The first kappa shape index (κ1) is 22.4. The molecule has 2 aromatic heterocycles. The molecule has 1 saturated carbocycles. The van der Waals surface area contributed by atoms with Gasteiger partial charge in [0.15, 0.2) is 5.78 Å². The van der Waals surface area contributed by atoms with Crippen molar-refractivity contribution in [2.45, 2.75) is 35.4 Å². The average molecular weight is 499 g/mol. The molecule has 0 spiro atoms. The summed E-state index contributed by atoms with van der Waals surface area (Å²) < 4.78 is 5.94. The average Bonchev–Trinajstić information content (AvgIpc) is 3.25. The van der Waals surface area contributed by atoms with Gasteiger partial charge in [0.2, 0.25) is 11.8 Å². The van der Waals surface area contributed by atoms with Crippen LogP contribution in [0.4, 0.5) is 0 Å². The van der Waals surface area contributed by atoms with Gasteiger partial charge in [0, 0.05) is 17.4 Å². The van der Waals surface area contributed by atoms with E-state index in [0.29, 0.717) is 39.9 Å². The second kappa shape index (κ2) is 9.12. The van der Waals surface area contributed by atoms with E-state index in [9.17, 15) is 9.59 Å². The second-order valence-corrected chi connectivity index (χ2v) is 11.0. The van der Waals surface area contributed by atoms with Crippen molar-refractivity contribution in [3.63, 3.8) is 0 Å². The van der Waals surface area contributed by atoms with Crippen molar-refractivity contribution >= 4 is 46.4 Å². The van der Waals surface area contributed by atoms with Gasteiger partial charge in [-0.05, 0) is 58.8 Å². The molecule has 1 aliphatic heterocycles. The van der Waals surface area contributed by atoms with E-state index in [0.717, 1.165) is 5.56 Å². The van der Waals surface area contributed by atoms with Crippen LogP contribution < -0.4 is 10.1 Å². The smallest absolute Gasteiger partial charge is 0.242 e. The largest absolute Gasteiger partial charge is 0.477 e. The summed E-state index contributed by atoms with van der Waals surface area (Å²) >= 11 is 8.97. The van der Waals surface area contributed by atoms with Crippen molar-refractivity contribution in [3.05, 3.63) is 75.6 Å². The number of Topliss-reactive ketones (excluding diaryl/α,β-unsaturated/α-hetero) is 1. The number of hydrogen-bond donors (Lipinski definition) is 1. The topological polar surface area (TPSA) is 68.3 Å². The number of ether oxygens (including phenoxy) is 1. The van der Waals surface area contributed by atoms with E-state index in [4.69, 9.17) is 21.3 Å². The third-order valence-corrected chi connectivity index (χ3v) is 8.73. The molecule has 0 bridgehead atoms. The van der Waals surface area contributed by atoms with E-state index in [1.165, 1.54) is 29.5 Å². The van der Waals surface area contributed by atoms with Gasteiger partial charge in [0.1, 0.15) is 10.8 Å². The molecule has 5 nitrogen and oxygen atoms in total. The van der Waals surface area contributed by atoms with Crippen molar-refractivity contribution in [1.82, 2.24) is 10.3 Å². The highest BCUT2D eigenvalue weighted by Crippen LogP contribution is 2.42. The molecule has 3 aromatic rings. The lowest BCUT2D eigenvalue weighted by molar-refractivity contribution is -0.133. The summed E-state index contributed by atoms with van der Waals surface area (Å²) in [5.41, 5.74) is 0.416. The zero-order valence-corrected chi connectivity index (χ0v) is 20.4. The molecule has 170 valence electrons. The van der Waals surface area contributed by atoms with Crippen LogP contribution in [0, 0.1) is 11.8 Å². The zero-order valence-electron chi connectivity index (χ0n) is 18.0. The van der Waals surface area contributed by atoms with Gasteiger partial charge in [-0.15, -0.1) is 11.8 Å². The second-order valence-electron chi connectivity index (χ2n) is 8.62. The molecule has 1 aromatic carbocycles. The molecule has 8 heteroatoms. The molecule has 0 radical (unpaired) electrons. The molecule has 3 heterocycles.